The minimum absolute atomic E-state index is 0.132. The van der Waals surface area contributed by atoms with Gasteiger partial charge in [-0.2, -0.15) is 0 Å². The van der Waals surface area contributed by atoms with Gasteiger partial charge in [0, 0.05) is 34.9 Å². The molecule has 0 radical (unpaired) electrons. The zero-order valence-electron chi connectivity index (χ0n) is 12.2. The van der Waals surface area contributed by atoms with Gasteiger partial charge in [0.1, 0.15) is 5.84 Å². The largest absolute Gasteiger partial charge is 0.384 e. The molecule has 0 aromatic heterocycles. The van der Waals surface area contributed by atoms with Crippen LogP contribution in [0.5, 0.6) is 0 Å². The van der Waals surface area contributed by atoms with Crippen molar-refractivity contribution in [3.63, 3.8) is 0 Å². The minimum atomic E-state index is 0.132. The van der Waals surface area contributed by atoms with Crippen molar-refractivity contribution in [3.05, 3.63) is 28.2 Å². The standard InChI is InChI=1S/C15H23BrN4/c1-3-19(4-2)12-7-8-20(10-12)14-6-5-11(16)9-13(14)15(17)18/h5-6,9,12H,3-4,7-8,10H2,1-2H3,(H3,17,18). The summed E-state index contributed by atoms with van der Waals surface area (Å²) in [4.78, 5) is 4.86. The number of amidine groups is 1. The first-order valence-corrected chi connectivity index (χ1v) is 7.99. The van der Waals surface area contributed by atoms with Crippen LogP contribution in [0.2, 0.25) is 0 Å². The highest BCUT2D eigenvalue weighted by molar-refractivity contribution is 9.10. The van der Waals surface area contributed by atoms with Gasteiger partial charge in [0.15, 0.2) is 0 Å². The van der Waals surface area contributed by atoms with Crippen molar-refractivity contribution in [1.29, 1.82) is 5.41 Å². The summed E-state index contributed by atoms with van der Waals surface area (Å²) in [5, 5.41) is 7.76. The first-order chi connectivity index (χ1) is 9.56. The lowest BCUT2D eigenvalue weighted by atomic mass is 10.1. The lowest BCUT2D eigenvalue weighted by Gasteiger charge is -2.27. The van der Waals surface area contributed by atoms with Crippen molar-refractivity contribution in [1.82, 2.24) is 4.90 Å². The summed E-state index contributed by atoms with van der Waals surface area (Å²) in [6.07, 6.45) is 1.18. The summed E-state index contributed by atoms with van der Waals surface area (Å²) in [7, 11) is 0. The maximum absolute atomic E-state index is 7.76. The normalized spacial score (nSPS) is 18.8. The number of likely N-dealkylation sites (N-methyl/N-ethyl adjacent to an activating group) is 1. The van der Waals surface area contributed by atoms with E-state index in [1.807, 2.05) is 12.1 Å². The number of nitrogens with one attached hydrogen (secondary N) is 1. The van der Waals surface area contributed by atoms with Gasteiger partial charge in [-0.15, -0.1) is 0 Å². The summed E-state index contributed by atoms with van der Waals surface area (Å²) >= 11 is 3.45. The third-order valence-electron chi connectivity index (χ3n) is 4.08. The molecule has 1 aromatic carbocycles. The molecular formula is C15H23BrN4. The molecule has 1 fully saturated rings. The Bertz CT molecular complexity index is 485. The van der Waals surface area contributed by atoms with E-state index in [0.29, 0.717) is 6.04 Å². The summed E-state index contributed by atoms with van der Waals surface area (Å²) in [5.41, 5.74) is 7.62. The smallest absolute Gasteiger partial charge is 0.124 e. The summed E-state index contributed by atoms with van der Waals surface area (Å²) in [6.45, 7) is 8.66. The Kier molecular flexibility index (Phi) is 5.05. The zero-order chi connectivity index (χ0) is 14.7. The predicted octanol–water partition coefficient (Wildman–Crippen LogP) is 2.65. The van der Waals surface area contributed by atoms with Gasteiger partial charge >= 0.3 is 0 Å². The molecule has 5 heteroatoms. The van der Waals surface area contributed by atoms with Crippen LogP contribution in [0.25, 0.3) is 0 Å². The van der Waals surface area contributed by atoms with Gasteiger partial charge in [-0.05, 0) is 37.7 Å². The van der Waals surface area contributed by atoms with Gasteiger partial charge in [-0.3, -0.25) is 10.3 Å². The molecule has 0 amide bonds. The number of nitrogens with zero attached hydrogens (tertiary/aromatic N) is 2. The molecule has 1 unspecified atom stereocenters. The molecule has 1 saturated heterocycles. The lowest BCUT2D eigenvalue weighted by Crippen LogP contribution is -2.37. The molecule has 0 saturated carbocycles. The molecule has 0 aliphatic carbocycles. The molecule has 0 bridgehead atoms. The van der Waals surface area contributed by atoms with Crippen LogP contribution in [0.4, 0.5) is 5.69 Å². The van der Waals surface area contributed by atoms with E-state index < -0.39 is 0 Å². The van der Waals surface area contributed by atoms with Gasteiger partial charge < -0.3 is 10.6 Å². The fourth-order valence-corrected chi connectivity index (χ4v) is 3.36. The number of anilines is 1. The third kappa shape index (κ3) is 3.15. The minimum Gasteiger partial charge on any atom is -0.384 e. The van der Waals surface area contributed by atoms with Crippen LogP contribution in [0.3, 0.4) is 0 Å². The van der Waals surface area contributed by atoms with Crippen molar-refractivity contribution < 1.29 is 0 Å². The number of benzene rings is 1. The zero-order valence-corrected chi connectivity index (χ0v) is 13.8. The van der Waals surface area contributed by atoms with Crippen LogP contribution in [-0.4, -0.2) is 43.0 Å². The number of nitrogen functional groups attached to an aromatic ring is 1. The van der Waals surface area contributed by atoms with Crippen LogP contribution in [0, 0.1) is 5.41 Å². The van der Waals surface area contributed by atoms with Crippen molar-refractivity contribution in [2.75, 3.05) is 31.1 Å². The van der Waals surface area contributed by atoms with Gasteiger partial charge in [-0.25, -0.2) is 0 Å². The molecule has 1 aliphatic rings. The molecule has 1 aromatic rings. The highest BCUT2D eigenvalue weighted by atomic mass is 79.9. The number of halogens is 1. The Hall–Kier alpha value is -1.07. The highest BCUT2D eigenvalue weighted by Crippen LogP contribution is 2.28. The third-order valence-corrected chi connectivity index (χ3v) is 4.57. The second-order valence-electron chi connectivity index (χ2n) is 5.18. The Labute approximate surface area is 129 Å². The maximum atomic E-state index is 7.76. The average Bonchev–Trinajstić information content (AvgIpc) is 2.89. The first kappa shape index (κ1) is 15.3. The van der Waals surface area contributed by atoms with E-state index in [9.17, 15) is 0 Å². The molecule has 20 heavy (non-hydrogen) atoms. The van der Waals surface area contributed by atoms with Gasteiger partial charge in [-0.1, -0.05) is 29.8 Å². The van der Waals surface area contributed by atoms with Gasteiger partial charge in [0.05, 0.1) is 0 Å². The molecule has 110 valence electrons. The van der Waals surface area contributed by atoms with E-state index in [0.717, 1.165) is 41.9 Å². The van der Waals surface area contributed by atoms with Gasteiger partial charge in [0.2, 0.25) is 0 Å². The van der Waals surface area contributed by atoms with E-state index in [4.69, 9.17) is 11.1 Å². The van der Waals surface area contributed by atoms with Crippen molar-refractivity contribution in [3.8, 4) is 0 Å². The molecule has 2 rings (SSSR count). The molecule has 4 nitrogen and oxygen atoms in total. The van der Waals surface area contributed by atoms with Crippen LogP contribution in [0.15, 0.2) is 22.7 Å². The molecule has 1 aliphatic heterocycles. The van der Waals surface area contributed by atoms with Crippen LogP contribution in [-0.2, 0) is 0 Å². The fourth-order valence-electron chi connectivity index (χ4n) is 3.00. The summed E-state index contributed by atoms with van der Waals surface area (Å²) in [6, 6.07) is 6.62. The molecule has 1 atom stereocenters. The van der Waals surface area contributed by atoms with E-state index in [-0.39, 0.29) is 5.84 Å². The monoisotopic (exact) mass is 338 g/mol. The Balaban J connectivity index is 2.20. The van der Waals surface area contributed by atoms with Crippen LogP contribution < -0.4 is 10.6 Å². The molecule has 0 spiro atoms. The van der Waals surface area contributed by atoms with Crippen LogP contribution >= 0.6 is 15.9 Å². The van der Waals surface area contributed by atoms with Crippen molar-refractivity contribution in [2.45, 2.75) is 26.3 Å². The van der Waals surface area contributed by atoms with E-state index in [1.165, 1.54) is 6.42 Å². The SMILES string of the molecule is CCN(CC)C1CCN(c2ccc(Br)cc2C(=N)N)C1. The van der Waals surface area contributed by atoms with Crippen LogP contribution in [0.1, 0.15) is 25.8 Å². The second kappa shape index (κ2) is 6.59. The number of rotatable bonds is 5. The lowest BCUT2D eigenvalue weighted by molar-refractivity contribution is 0.232. The number of hydrogen-bond acceptors (Lipinski definition) is 3. The second-order valence-corrected chi connectivity index (χ2v) is 6.10. The van der Waals surface area contributed by atoms with E-state index in [1.54, 1.807) is 0 Å². The number of hydrogen-bond donors (Lipinski definition) is 2. The van der Waals surface area contributed by atoms with Gasteiger partial charge in [0.25, 0.3) is 0 Å². The van der Waals surface area contributed by atoms with E-state index in [2.05, 4.69) is 45.6 Å². The number of nitrogens with two attached hydrogens (primary N) is 1. The predicted molar refractivity (Wildman–Crippen MR) is 88.7 cm³/mol. The summed E-state index contributed by atoms with van der Waals surface area (Å²) in [5.74, 6) is 0.132. The van der Waals surface area contributed by atoms with Crippen molar-refractivity contribution in [2.24, 2.45) is 5.73 Å². The molecular weight excluding hydrogens is 316 g/mol. The first-order valence-electron chi connectivity index (χ1n) is 7.19. The average molecular weight is 339 g/mol. The Morgan fingerprint density at radius 3 is 2.75 bits per heavy atom. The Morgan fingerprint density at radius 2 is 2.15 bits per heavy atom. The molecule has 3 N–H and O–H groups in total. The van der Waals surface area contributed by atoms with E-state index >= 15 is 0 Å². The topological polar surface area (TPSA) is 56.4 Å². The summed E-state index contributed by atoms with van der Waals surface area (Å²) < 4.78 is 0.964. The Morgan fingerprint density at radius 1 is 1.45 bits per heavy atom. The maximum Gasteiger partial charge on any atom is 0.124 e. The highest BCUT2D eigenvalue weighted by Gasteiger charge is 2.27. The fraction of sp³-hybridized carbons (Fsp3) is 0.533. The van der Waals surface area contributed by atoms with Crippen molar-refractivity contribution >= 4 is 27.5 Å². The quantitative estimate of drug-likeness (QED) is 0.641. The molecule has 1 heterocycles.